The Balaban J connectivity index is 1.60. The van der Waals surface area contributed by atoms with Gasteiger partial charge in [-0.3, -0.25) is 4.79 Å². The van der Waals surface area contributed by atoms with Crippen LogP contribution in [0.4, 0.5) is 0 Å². The first kappa shape index (κ1) is 18.4. The first-order chi connectivity index (χ1) is 11.7. The Morgan fingerprint density at radius 1 is 0.708 bits per heavy atom. The summed E-state index contributed by atoms with van der Waals surface area (Å²) in [6.07, 6.45) is 2.56. The predicted octanol–water partition coefficient (Wildman–Crippen LogP) is 4.36. The highest BCUT2D eigenvalue weighted by atomic mass is 16.3. The summed E-state index contributed by atoms with van der Waals surface area (Å²) in [5.41, 5.74) is 1.80. The zero-order valence-electron chi connectivity index (χ0n) is 14.0. The molecule has 24 heavy (non-hydrogen) atoms. The highest BCUT2D eigenvalue weighted by Gasteiger charge is 2.10. The molecule has 0 heterocycles. The quantitative estimate of drug-likeness (QED) is 0.682. The number of ketones is 1. The molecule has 0 radical (unpaired) electrons. The van der Waals surface area contributed by atoms with Gasteiger partial charge in [0.2, 0.25) is 0 Å². The molecule has 0 spiro atoms. The second kappa shape index (κ2) is 10.0. The summed E-state index contributed by atoms with van der Waals surface area (Å²) in [5.74, 6) is 0.204. The number of hydrogen-bond acceptors (Lipinski definition) is 3. The highest BCUT2D eigenvalue weighted by Crippen LogP contribution is 2.21. The van der Waals surface area contributed by atoms with Crippen molar-refractivity contribution in [2.45, 2.75) is 50.7 Å². The van der Waals surface area contributed by atoms with Gasteiger partial charge < -0.3 is 10.2 Å². The molecule has 3 nitrogen and oxygen atoms in total. The summed E-state index contributed by atoms with van der Waals surface area (Å²) in [7, 11) is 0. The van der Waals surface area contributed by atoms with Crippen LogP contribution in [0.15, 0.2) is 60.7 Å². The average molecular weight is 326 g/mol. The lowest BCUT2D eigenvalue weighted by molar-refractivity contribution is -0.119. The number of carbonyl (C=O) groups is 1. The van der Waals surface area contributed by atoms with E-state index in [1.54, 1.807) is 0 Å². The minimum atomic E-state index is -0.501. The lowest BCUT2D eigenvalue weighted by Gasteiger charge is -2.11. The second-order valence-corrected chi connectivity index (χ2v) is 6.18. The maximum absolute atomic E-state index is 11.9. The number of hydrogen-bond donors (Lipinski definition) is 2. The maximum atomic E-state index is 11.9. The van der Waals surface area contributed by atoms with Gasteiger partial charge in [0.15, 0.2) is 0 Å². The van der Waals surface area contributed by atoms with Crippen molar-refractivity contribution in [1.82, 2.24) is 0 Å². The van der Waals surface area contributed by atoms with Crippen molar-refractivity contribution >= 4 is 5.78 Å². The zero-order valence-corrected chi connectivity index (χ0v) is 14.0. The van der Waals surface area contributed by atoms with E-state index >= 15 is 0 Å². The molecule has 0 amide bonds. The van der Waals surface area contributed by atoms with Gasteiger partial charge in [-0.1, -0.05) is 60.7 Å². The SMILES string of the molecule is O=C(CCCC(O)c1ccccc1)CCCC(O)c1ccccc1. The van der Waals surface area contributed by atoms with Crippen LogP contribution < -0.4 is 0 Å². The van der Waals surface area contributed by atoms with Gasteiger partial charge in [0.1, 0.15) is 5.78 Å². The summed E-state index contributed by atoms with van der Waals surface area (Å²) in [6.45, 7) is 0. The molecule has 128 valence electrons. The molecule has 2 unspecified atom stereocenters. The smallest absolute Gasteiger partial charge is 0.132 e. The molecular formula is C21H26O3. The molecular weight excluding hydrogens is 300 g/mol. The Labute approximate surface area is 144 Å². The lowest BCUT2D eigenvalue weighted by atomic mass is 9.99. The minimum absolute atomic E-state index is 0.204. The van der Waals surface area contributed by atoms with Gasteiger partial charge in [0.05, 0.1) is 12.2 Å². The van der Waals surface area contributed by atoms with E-state index in [0.29, 0.717) is 38.5 Å². The van der Waals surface area contributed by atoms with Crippen LogP contribution >= 0.6 is 0 Å². The van der Waals surface area contributed by atoms with Gasteiger partial charge in [0.25, 0.3) is 0 Å². The number of Topliss-reactive ketones (excluding diaryl/α,β-unsaturated/α-hetero) is 1. The Morgan fingerprint density at radius 3 is 1.46 bits per heavy atom. The van der Waals surface area contributed by atoms with E-state index in [1.807, 2.05) is 60.7 Å². The number of aliphatic hydroxyl groups is 2. The average Bonchev–Trinajstić information content (AvgIpc) is 2.63. The van der Waals surface area contributed by atoms with E-state index in [2.05, 4.69) is 0 Å². The standard InChI is InChI=1S/C21H26O3/c22-19(13-7-15-20(23)17-9-3-1-4-10-17)14-8-16-21(24)18-11-5-2-6-12-18/h1-6,9-12,20-21,23-24H,7-8,13-16H2. The fourth-order valence-electron chi connectivity index (χ4n) is 2.79. The molecule has 0 saturated heterocycles. The third-order valence-electron chi connectivity index (χ3n) is 4.24. The first-order valence-electron chi connectivity index (χ1n) is 8.64. The third-order valence-corrected chi connectivity index (χ3v) is 4.24. The van der Waals surface area contributed by atoms with Gasteiger partial charge in [-0.2, -0.15) is 0 Å². The number of carbonyl (C=O) groups excluding carboxylic acids is 1. The van der Waals surface area contributed by atoms with Crippen LogP contribution in [0.2, 0.25) is 0 Å². The predicted molar refractivity (Wildman–Crippen MR) is 95.5 cm³/mol. The van der Waals surface area contributed by atoms with E-state index in [4.69, 9.17) is 0 Å². The summed E-state index contributed by atoms with van der Waals surface area (Å²) < 4.78 is 0. The van der Waals surface area contributed by atoms with Crippen LogP contribution in [0.5, 0.6) is 0 Å². The lowest BCUT2D eigenvalue weighted by Crippen LogP contribution is -2.03. The summed E-state index contributed by atoms with van der Waals surface area (Å²) in [5, 5.41) is 20.1. The minimum Gasteiger partial charge on any atom is -0.388 e. The van der Waals surface area contributed by atoms with Crippen molar-refractivity contribution < 1.29 is 15.0 Å². The molecule has 0 bridgehead atoms. The fraction of sp³-hybridized carbons (Fsp3) is 0.381. The molecule has 3 heteroatoms. The van der Waals surface area contributed by atoms with Gasteiger partial charge >= 0.3 is 0 Å². The van der Waals surface area contributed by atoms with Crippen molar-refractivity contribution in [3.8, 4) is 0 Å². The van der Waals surface area contributed by atoms with E-state index in [1.165, 1.54) is 0 Å². The van der Waals surface area contributed by atoms with Crippen molar-refractivity contribution in [3.05, 3.63) is 71.8 Å². The van der Waals surface area contributed by atoms with Crippen LogP contribution in [0, 0.1) is 0 Å². The van der Waals surface area contributed by atoms with Crippen LogP contribution in [0.1, 0.15) is 61.9 Å². The maximum Gasteiger partial charge on any atom is 0.132 e. The van der Waals surface area contributed by atoms with Gasteiger partial charge in [-0.05, 0) is 36.8 Å². The van der Waals surface area contributed by atoms with Gasteiger partial charge in [0, 0.05) is 12.8 Å². The Kier molecular flexibility index (Phi) is 7.66. The molecule has 2 rings (SSSR count). The van der Waals surface area contributed by atoms with Crippen molar-refractivity contribution in [1.29, 1.82) is 0 Å². The molecule has 0 aliphatic heterocycles. The monoisotopic (exact) mass is 326 g/mol. The van der Waals surface area contributed by atoms with E-state index in [0.717, 1.165) is 11.1 Å². The molecule has 2 atom stereocenters. The van der Waals surface area contributed by atoms with E-state index in [-0.39, 0.29) is 5.78 Å². The molecule has 2 aromatic rings. The summed E-state index contributed by atoms with van der Waals surface area (Å²) in [6, 6.07) is 19.1. The summed E-state index contributed by atoms with van der Waals surface area (Å²) >= 11 is 0. The third kappa shape index (κ3) is 6.26. The first-order valence-corrected chi connectivity index (χ1v) is 8.64. The molecule has 2 N–H and O–H groups in total. The fourth-order valence-corrected chi connectivity index (χ4v) is 2.79. The Hall–Kier alpha value is -1.97. The summed E-state index contributed by atoms with van der Waals surface area (Å²) in [4.78, 5) is 11.9. The molecule has 0 saturated carbocycles. The highest BCUT2D eigenvalue weighted by molar-refractivity contribution is 5.78. The van der Waals surface area contributed by atoms with E-state index < -0.39 is 12.2 Å². The second-order valence-electron chi connectivity index (χ2n) is 6.18. The molecule has 2 aromatic carbocycles. The van der Waals surface area contributed by atoms with Crippen LogP contribution in [-0.2, 0) is 4.79 Å². The largest absolute Gasteiger partial charge is 0.388 e. The van der Waals surface area contributed by atoms with E-state index in [9.17, 15) is 15.0 Å². The van der Waals surface area contributed by atoms with Gasteiger partial charge in [-0.25, -0.2) is 0 Å². The Morgan fingerprint density at radius 2 is 1.08 bits per heavy atom. The number of aliphatic hydroxyl groups excluding tert-OH is 2. The van der Waals surface area contributed by atoms with Crippen LogP contribution in [0.3, 0.4) is 0 Å². The number of rotatable bonds is 10. The Bertz CT molecular complexity index is 541. The van der Waals surface area contributed by atoms with Crippen molar-refractivity contribution in [2.75, 3.05) is 0 Å². The molecule has 0 aliphatic rings. The zero-order chi connectivity index (χ0) is 17.2. The van der Waals surface area contributed by atoms with Crippen molar-refractivity contribution in [3.63, 3.8) is 0 Å². The molecule has 0 fully saturated rings. The molecule has 0 aromatic heterocycles. The van der Waals surface area contributed by atoms with Crippen molar-refractivity contribution in [2.24, 2.45) is 0 Å². The number of benzene rings is 2. The topological polar surface area (TPSA) is 57.5 Å². The normalized spacial score (nSPS) is 13.4. The van der Waals surface area contributed by atoms with Crippen LogP contribution in [0.25, 0.3) is 0 Å². The van der Waals surface area contributed by atoms with Crippen LogP contribution in [-0.4, -0.2) is 16.0 Å². The van der Waals surface area contributed by atoms with Gasteiger partial charge in [-0.15, -0.1) is 0 Å². The molecule has 0 aliphatic carbocycles.